The molecule has 1 unspecified atom stereocenters. The molecule has 1 aromatic heterocycles. The summed E-state index contributed by atoms with van der Waals surface area (Å²) in [7, 11) is 1.58. The summed E-state index contributed by atoms with van der Waals surface area (Å²) in [6, 6.07) is 16.8. The summed E-state index contributed by atoms with van der Waals surface area (Å²) in [5, 5.41) is 2.98. The van der Waals surface area contributed by atoms with Gasteiger partial charge in [-0.3, -0.25) is 14.4 Å². The van der Waals surface area contributed by atoms with Gasteiger partial charge in [-0.15, -0.1) is 0 Å². The molecule has 1 atom stereocenters. The fourth-order valence-electron chi connectivity index (χ4n) is 3.25. The van der Waals surface area contributed by atoms with Crippen LogP contribution in [-0.2, 0) is 4.79 Å². The quantitative estimate of drug-likeness (QED) is 0.701. The fourth-order valence-corrected chi connectivity index (χ4v) is 3.25. The first kappa shape index (κ1) is 20.1. The lowest BCUT2D eigenvalue weighted by Gasteiger charge is -2.28. The molecule has 1 heterocycles. The van der Waals surface area contributed by atoms with E-state index in [9.17, 15) is 14.4 Å². The first-order chi connectivity index (χ1) is 13.9. The molecule has 2 aromatic carbocycles. The molecule has 0 aliphatic rings. The van der Waals surface area contributed by atoms with Crippen LogP contribution in [0.25, 0.3) is 0 Å². The number of H-pyrrole nitrogens is 1. The van der Waals surface area contributed by atoms with Gasteiger partial charge in [0.1, 0.15) is 6.04 Å². The van der Waals surface area contributed by atoms with E-state index in [1.165, 1.54) is 23.2 Å². The third-order valence-corrected chi connectivity index (χ3v) is 4.83. The molecule has 29 heavy (non-hydrogen) atoms. The van der Waals surface area contributed by atoms with Gasteiger partial charge in [0.25, 0.3) is 11.8 Å². The average Bonchev–Trinajstić information content (AvgIpc) is 2.72. The van der Waals surface area contributed by atoms with Crippen molar-refractivity contribution in [3.63, 3.8) is 0 Å². The van der Waals surface area contributed by atoms with Gasteiger partial charge in [0.15, 0.2) is 0 Å². The van der Waals surface area contributed by atoms with E-state index in [0.29, 0.717) is 11.1 Å². The molecule has 0 radical (unpaired) electrons. The normalized spacial score (nSPS) is 11.6. The lowest BCUT2D eigenvalue weighted by atomic mass is 10.0. The third kappa shape index (κ3) is 4.43. The zero-order valence-corrected chi connectivity index (χ0v) is 16.6. The highest BCUT2D eigenvalue weighted by Gasteiger charge is 2.29. The lowest BCUT2D eigenvalue weighted by Crippen LogP contribution is -2.39. The van der Waals surface area contributed by atoms with Crippen LogP contribution in [0.15, 0.2) is 71.7 Å². The Morgan fingerprint density at radius 2 is 1.59 bits per heavy atom. The van der Waals surface area contributed by atoms with Gasteiger partial charge in [0, 0.05) is 25.0 Å². The van der Waals surface area contributed by atoms with Gasteiger partial charge in [-0.25, -0.2) is 0 Å². The molecule has 0 aliphatic heterocycles. The van der Waals surface area contributed by atoms with Gasteiger partial charge in [0.05, 0.1) is 5.56 Å². The molecule has 0 aliphatic carbocycles. The number of aromatic nitrogens is 1. The molecule has 2 N–H and O–H groups in total. The summed E-state index contributed by atoms with van der Waals surface area (Å²) in [5.41, 5.74) is 3.32. The molecule has 0 bridgehead atoms. The molecule has 0 saturated heterocycles. The van der Waals surface area contributed by atoms with Crippen molar-refractivity contribution < 1.29 is 9.59 Å². The highest BCUT2D eigenvalue weighted by atomic mass is 16.2. The van der Waals surface area contributed by atoms with Crippen LogP contribution in [0.1, 0.15) is 33.1 Å². The Kier molecular flexibility index (Phi) is 5.93. The van der Waals surface area contributed by atoms with Crippen molar-refractivity contribution in [2.24, 2.45) is 0 Å². The van der Waals surface area contributed by atoms with Crippen molar-refractivity contribution in [3.05, 3.63) is 99.5 Å². The van der Waals surface area contributed by atoms with Crippen LogP contribution in [0.5, 0.6) is 0 Å². The summed E-state index contributed by atoms with van der Waals surface area (Å²) in [6.45, 7) is 3.85. The standard InChI is InChI=1S/C23H23N3O3/c1-15-8-7-9-16(2)20(15)25-22(28)21(17-10-5-4-6-11-17)26(3)23(29)18-12-13-19(27)24-14-18/h4-14,21H,1-3H3,(H,24,27)(H,25,28). The van der Waals surface area contributed by atoms with Crippen molar-refractivity contribution in [1.29, 1.82) is 0 Å². The number of rotatable bonds is 5. The summed E-state index contributed by atoms with van der Waals surface area (Å²) in [4.78, 5) is 41.4. The van der Waals surface area contributed by atoms with E-state index >= 15 is 0 Å². The number of anilines is 1. The second-order valence-electron chi connectivity index (χ2n) is 6.93. The Morgan fingerprint density at radius 1 is 0.931 bits per heavy atom. The van der Waals surface area contributed by atoms with E-state index in [0.717, 1.165) is 16.8 Å². The number of hydrogen-bond acceptors (Lipinski definition) is 3. The summed E-state index contributed by atoms with van der Waals surface area (Å²) < 4.78 is 0. The molecular weight excluding hydrogens is 366 g/mol. The van der Waals surface area contributed by atoms with Gasteiger partial charge in [-0.1, -0.05) is 48.5 Å². The molecule has 6 nitrogen and oxygen atoms in total. The van der Waals surface area contributed by atoms with Crippen LogP contribution in [0, 0.1) is 13.8 Å². The lowest BCUT2D eigenvalue weighted by molar-refractivity contribution is -0.120. The molecule has 0 fully saturated rings. The second-order valence-corrected chi connectivity index (χ2v) is 6.93. The van der Waals surface area contributed by atoms with Crippen LogP contribution in [0.2, 0.25) is 0 Å². The van der Waals surface area contributed by atoms with Crippen molar-refractivity contribution in [2.45, 2.75) is 19.9 Å². The molecule has 148 valence electrons. The Labute approximate surface area is 169 Å². The van der Waals surface area contributed by atoms with Crippen molar-refractivity contribution >= 4 is 17.5 Å². The number of aromatic amines is 1. The van der Waals surface area contributed by atoms with Gasteiger partial charge in [-0.2, -0.15) is 0 Å². The predicted molar refractivity (Wildman–Crippen MR) is 113 cm³/mol. The first-order valence-electron chi connectivity index (χ1n) is 9.26. The zero-order valence-electron chi connectivity index (χ0n) is 16.6. The Hall–Kier alpha value is -3.67. The Morgan fingerprint density at radius 3 is 2.17 bits per heavy atom. The topological polar surface area (TPSA) is 82.3 Å². The minimum absolute atomic E-state index is 0.295. The van der Waals surface area contributed by atoms with E-state index in [-0.39, 0.29) is 17.4 Å². The Balaban J connectivity index is 1.96. The number of amides is 2. The molecule has 3 rings (SSSR count). The third-order valence-electron chi connectivity index (χ3n) is 4.83. The maximum Gasteiger partial charge on any atom is 0.256 e. The number of likely N-dealkylation sites (N-methyl/N-ethyl adjacent to an activating group) is 1. The van der Waals surface area contributed by atoms with Gasteiger partial charge >= 0.3 is 0 Å². The molecule has 0 spiro atoms. The van der Waals surface area contributed by atoms with Crippen LogP contribution < -0.4 is 10.9 Å². The second kappa shape index (κ2) is 8.56. The first-order valence-corrected chi connectivity index (χ1v) is 9.26. The SMILES string of the molecule is Cc1cccc(C)c1NC(=O)C(c1ccccc1)N(C)C(=O)c1ccc(=O)[nH]c1. The highest BCUT2D eigenvalue weighted by Crippen LogP contribution is 2.26. The Bertz CT molecular complexity index is 1050. The minimum atomic E-state index is -0.838. The van der Waals surface area contributed by atoms with Crippen LogP contribution in [-0.4, -0.2) is 28.7 Å². The predicted octanol–water partition coefficient (Wildman–Crippen LogP) is 3.44. The number of aryl methyl sites for hydroxylation is 2. The van der Waals surface area contributed by atoms with Crippen LogP contribution >= 0.6 is 0 Å². The van der Waals surface area contributed by atoms with E-state index in [4.69, 9.17) is 0 Å². The summed E-state index contributed by atoms with van der Waals surface area (Å²) >= 11 is 0. The van der Waals surface area contributed by atoms with E-state index < -0.39 is 6.04 Å². The smallest absolute Gasteiger partial charge is 0.256 e. The number of hydrogen-bond donors (Lipinski definition) is 2. The van der Waals surface area contributed by atoms with Crippen molar-refractivity contribution in [3.8, 4) is 0 Å². The number of benzene rings is 2. The molecule has 2 amide bonds. The number of para-hydroxylation sites is 1. The fraction of sp³-hybridized carbons (Fsp3) is 0.174. The van der Waals surface area contributed by atoms with Gasteiger partial charge in [-0.05, 0) is 36.6 Å². The summed E-state index contributed by atoms with van der Waals surface area (Å²) in [6.07, 6.45) is 1.35. The van der Waals surface area contributed by atoms with Crippen LogP contribution in [0.3, 0.4) is 0 Å². The van der Waals surface area contributed by atoms with E-state index in [1.54, 1.807) is 7.05 Å². The number of nitrogens with one attached hydrogen (secondary N) is 2. The van der Waals surface area contributed by atoms with E-state index in [1.807, 2.05) is 62.4 Å². The average molecular weight is 389 g/mol. The maximum absolute atomic E-state index is 13.3. The number of nitrogens with zero attached hydrogens (tertiary/aromatic N) is 1. The largest absolute Gasteiger partial charge is 0.328 e. The van der Waals surface area contributed by atoms with Crippen LogP contribution in [0.4, 0.5) is 5.69 Å². The number of carbonyl (C=O) groups is 2. The zero-order chi connectivity index (χ0) is 21.0. The van der Waals surface area contributed by atoms with Crippen molar-refractivity contribution in [1.82, 2.24) is 9.88 Å². The number of carbonyl (C=O) groups excluding carboxylic acids is 2. The van der Waals surface area contributed by atoms with Crippen molar-refractivity contribution in [2.75, 3.05) is 12.4 Å². The van der Waals surface area contributed by atoms with E-state index in [2.05, 4.69) is 10.3 Å². The van der Waals surface area contributed by atoms with Gasteiger partial charge in [0.2, 0.25) is 5.56 Å². The minimum Gasteiger partial charge on any atom is -0.328 e. The molecule has 0 saturated carbocycles. The number of pyridine rings is 1. The highest BCUT2D eigenvalue weighted by molar-refractivity contribution is 6.02. The van der Waals surface area contributed by atoms with Gasteiger partial charge < -0.3 is 15.2 Å². The molecule has 3 aromatic rings. The maximum atomic E-state index is 13.3. The molecular formula is C23H23N3O3. The molecule has 6 heteroatoms. The monoisotopic (exact) mass is 389 g/mol. The summed E-state index contributed by atoms with van der Waals surface area (Å²) in [5.74, 6) is -0.680.